The number of ether oxygens (including phenoxy) is 1. The number of hydrogen-bond donors (Lipinski definition) is 5. The maximum absolute atomic E-state index is 11.7. The molecule has 0 spiro atoms. The average Bonchev–Trinajstić information content (AvgIpc) is 3.03. The van der Waals surface area contributed by atoms with E-state index < -0.39 is 5.91 Å². The number of nitrogen functional groups attached to an aromatic ring is 1. The maximum Gasteiger partial charge on any atom is 0.271 e. The van der Waals surface area contributed by atoms with Gasteiger partial charge in [-0.1, -0.05) is 12.2 Å². The van der Waals surface area contributed by atoms with Gasteiger partial charge in [0.15, 0.2) is 11.5 Å². The molecular formula is C15H19N7O2S2. The van der Waals surface area contributed by atoms with Gasteiger partial charge in [-0.3, -0.25) is 4.79 Å². The summed E-state index contributed by atoms with van der Waals surface area (Å²) in [5, 5.41) is 7.96. The number of nitrogens with zero attached hydrogens (tertiary/aromatic N) is 2. The zero-order chi connectivity index (χ0) is 18.7. The third-order valence-corrected chi connectivity index (χ3v) is 5.26. The normalized spacial score (nSPS) is 19.7. The van der Waals surface area contributed by atoms with Crippen molar-refractivity contribution in [3.05, 3.63) is 28.2 Å². The lowest BCUT2D eigenvalue weighted by atomic mass is 10.0. The lowest BCUT2D eigenvalue weighted by Gasteiger charge is -2.29. The van der Waals surface area contributed by atoms with Crippen LogP contribution >= 0.6 is 23.6 Å². The Bertz CT molecular complexity index is 826. The highest BCUT2D eigenvalue weighted by Gasteiger charge is 2.23. The number of aromatic nitrogens is 2. The summed E-state index contributed by atoms with van der Waals surface area (Å²) in [6, 6.07) is 1.58. The largest absolute Gasteiger partial charge is 0.397 e. The van der Waals surface area contributed by atoms with E-state index in [0.29, 0.717) is 34.6 Å². The van der Waals surface area contributed by atoms with Crippen molar-refractivity contribution in [1.82, 2.24) is 9.97 Å². The molecule has 1 saturated heterocycles. The van der Waals surface area contributed by atoms with Crippen molar-refractivity contribution in [2.24, 2.45) is 11.5 Å². The zero-order valence-corrected chi connectivity index (χ0v) is 15.4. The summed E-state index contributed by atoms with van der Waals surface area (Å²) in [6.45, 7) is 1.09. The van der Waals surface area contributed by atoms with Gasteiger partial charge in [0.05, 0.1) is 23.4 Å². The highest BCUT2D eigenvalue weighted by atomic mass is 32.1. The Labute approximate surface area is 159 Å². The van der Waals surface area contributed by atoms with Gasteiger partial charge in [-0.2, -0.15) is 0 Å². The van der Waals surface area contributed by atoms with E-state index >= 15 is 0 Å². The fourth-order valence-corrected chi connectivity index (χ4v) is 3.60. The molecule has 0 radical (unpaired) electrons. The van der Waals surface area contributed by atoms with Crippen molar-refractivity contribution < 1.29 is 9.53 Å². The number of thiocarbonyl (C=S) groups is 1. The minimum absolute atomic E-state index is 0.00906. The van der Waals surface area contributed by atoms with Gasteiger partial charge >= 0.3 is 0 Å². The Morgan fingerprint density at radius 1 is 1.46 bits per heavy atom. The van der Waals surface area contributed by atoms with Crippen LogP contribution in [0, 0.1) is 0 Å². The maximum atomic E-state index is 11.7. The lowest BCUT2D eigenvalue weighted by Crippen LogP contribution is -2.47. The van der Waals surface area contributed by atoms with Crippen molar-refractivity contribution in [3.8, 4) is 0 Å². The van der Waals surface area contributed by atoms with E-state index in [1.165, 1.54) is 17.5 Å². The van der Waals surface area contributed by atoms with E-state index in [1.807, 2.05) is 5.38 Å². The number of thiophene rings is 1. The van der Waals surface area contributed by atoms with E-state index in [1.54, 1.807) is 6.07 Å². The number of rotatable bonds is 5. The molecule has 1 fully saturated rings. The van der Waals surface area contributed by atoms with Crippen molar-refractivity contribution in [3.63, 3.8) is 0 Å². The van der Waals surface area contributed by atoms with Crippen molar-refractivity contribution >= 4 is 51.8 Å². The van der Waals surface area contributed by atoms with Gasteiger partial charge in [0.25, 0.3) is 5.91 Å². The van der Waals surface area contributed by atoms with Crippen molar-refractivity contribution in [2.45, 2.75) is 18.5 Å². The van der Waals surface area contributed by atoms with Crippen molar-refractivity contribution in [1.29, 1.82) is 0 Å². The zero-order valence-electron chi connectivity index (χ0n) is 13.8. The first-order valence-electron chi connectivity index (χ1n) is 7.86. The molecule has 1 aliphatic heterocycles. The predicted molar refractivity (Wildman–Crippen MR) is 105 cm³/mol. The lowest BCUT2D eigenvalue weighted by molar-refractivity contribution is 0.0752. The minimum atomic E-state index is -0.712. The van der Waals surface area contributed by atoms with Crippen LogP contribution in [-0.4, -0.2) is 46.2 Å². The van der Waals surface area contributed by atoms with Crippen LogP contribution in [0.2, 0.25) is 0 Å². The second-order valence-corrected chi connectivity index (χ2v) is 7.08. The van der Waals surface area contributed by atoms with Gasteiger partial charge in [-0.15, -0.1) is 11.3 Å². The third-order valence-electron chi connectivity index (χ3n) is 3.87. The summed E-state index contributed by atoms with van der Waals surface area (Å²) in [6.07, 6.45) is 2.18. The molecule has 1 amide bonds. The summed E-state index contributed by atoms with van der Waals surface area (Å²) in [5.41, 5.74) is 17.9. The van der Waals surface area contributed by atoms with Crippen LogP contribution in [0.4, 0.5) is 17.3 Å². The molecule has 2 atom stereocenters. The molecule has 11 heteroatoms. The first-order chi connectivity index (χ1) is 12.5. The second kappa shape index (κ2) is 7.91. The number of hydrogen-bond acceptors (Lipinski definition) is 9. The Morgan fingerprint density at radius 2 is 2.27 bits per heavy atom. The Kier molecular flexibility index (Phi) is 5.61. The summed E-state index contributed by atoms with van der Waals surface area (Å²) in [4.78, 5) is 21.2. The average molecular weight is 393 g/mol. The van der Waals surface area contributed by atoms with Crippen LogP contribution < -0.4 is 27.8 Å². The topological polar surface area (TPSA) is 154 Å². The number of amides is 1. The monoisotopic (exact) mass is 393 g/mol. The highest BCUT2D eigenvalue weighted by molar-refractivity contribution is 7.81. The van der Waals surface area contributed by atoms with Gasteiger partial charge in [0.1, 0.15) is 10.8 Å². The fourth-order valence-electron chi connectivity index (χ4n) is 2.52. The summed E-state index contributed by atoms with van der Waals surface area (Å²) < 4.78 is 5.33. The van der Waals surface area contributed by atoms with Crippen LogP contribution in [0.1, 0.15) is 21.8 Å². The molecule has 9 nitrogen and oxygen atoms in total. The number of anilines is 3. The second-order valence-electron chi connectivity index (χ2n) is 5.75. The van der Waals surface area contributed by atoms with Gasteiger partial charge in [0.2, 0.25) is 0 Å². The van der Waals surface area contributed by atoms with Crippen LogP contribution in [-0.2, 0) is 4.74 Å². The predicted octanol–water partition coefficient (Wildman–Crippen LogP) is 0.535. The number of primary amides is 1. The Balaban J connectivity index is 1.83. The standard InChI is InChI=1S/C15H19N7O2S2/c16-7-2-4-26-12(7)15(25)22-14-11(13(18)23)19-5-10(21-14)20-9-1-3-24-6-8(9)17/h2,4-5,8-9H,1,3,6,16-17H2,(H2,18,23)(H2,20,21,22,25). The number of carbonyl (C=O) groups is 1. The molecule has 2 aromatic rings. The van der Waals surface area contributed by atoms with Crippen LogP contribution in [0.15, 0.2) is 17.6 Å². The third kappa shape index (κ3) is 4.07. The molecule has 2 aromatic heterocycles. The number of nitrogens with one attached hydrogen (secondary N) is 2. The van der Waals surface area contributed by atoms with Crippen LogP contribution in [0.25, 0.3) is 0 Å². The van der Waals surface area contributed by atoms with Crippen LogP contribution in [0.5, 0.6) is 0 Å². The molecule has 138 valence electrons. The van der Waals surface area contributed by atoms with Crippen molar-refractivity contribution in [2.75, 3.05) is 29.6 Å². The Hall–Kier alpha value is -2.34. The van der Waals surface area contributed by atoms with E-state index in [2.05, 4.69) is 20.6 Å². The number of carbonyl (C=O) groups excluding carboxylic acids is 1. The summed E-state index contributed by atoms with van der Waals surface area (Å²) in [7, 11) is 0. The molecule has 3 heterocycles. The molecule has 26 heavy (non-hydrogen) atoms. The molecule has 0 saturated carbocycles. The van der Waals surface area contributed by atoms with Gasteiger partial charge < -0.3 is 32.6 Å². The molecule has 2 unspecified atom stereocenters. The van der Waals surface area contributed by atoms with E-state index in [-0.39, 0.29) is 23.6 Å². The molecule has 1 aliphatic rings. The smallest absolute Gasteiger partial charge is 0.271 e. The molecule has 0 aromatic carbocycles. The number of nitrogens with two attached hydrogens (primary N) is 3. The highest BCUT2D eigenvalue weighted by Crippen LogP contribution is 2.22. The van der Waals surface area contributed by atoms with Gasteiger partial charge in [0, 0.05) is 18.7 Å². The van der Waals surface area contributed by atoms with E-state index in [0.717, 1.165) is 6.42 Å². The van der Waals surface area contributed by atoms with Crippen LogP contribution in [0.3, 0.4) is 0 Å². The summed E-state index contributed by atoms with van der Waals surface area (Å²) >= 11 is 6.74. The quantitative estimate of drug-likeness (QED) is 0.458. The molecular weight excluding hydrogens is 374 g/mol. The summed E-state index contributed by atoms with van der Waals surface area (Å²) in [5.74, 6) is -0.0843. The molecule has 8 N–H and O–H groups in total. The molecule has 0 bridgehead atoms. The fraction of sp³-hybridized carbons (Fsp3) is 0.333. The minimum Gasteiger partial charge on any atom is -0.397 e. The SMILES string of the molecule is NC(=O)c1ncc(NC2CCOCC2N)nc1NC(=S)c1sccc1N. The van der Waals surface area contributed by atoms with Gasteiger partial charge in [-0.25, -0.2) is 9.97 Å². The van der Waals surface area contributed by atoms with E-state index in [4.69, 9.17) is 34.2 Å². The first kappa shape index (κ1) is 18.5. The molecule has 3 rings (SSSR count). The van der Waals surface area contributed by atoms with E-state index in [9.17, 15) is 4.79 Å². The Morgan fingerprint density at radius 3 is 2.92 bits per heavy atom. The first-order valence-corrected chi connectivity index (χ1v) is 9.15. The molecule has 0 aliphatic carbocycles. The van der Waals surface area contributed by atoms with Gasteiger partial charge in [-0.05, 0) is 17.9 Å².